The van der Waals surface area contributed by atoms with E-state index in [1.165, 1.54) is 0 Å². The summed E-state index contributed by atoms with van der Waals surface area (Å²) in [5.74, 6) is 0. The van der Waals surface area contributed by atoms with Crippen LogP contribution in [0.1, 0.15) is 52.9 Å². The van der Waals surface area contributed by atoms with Gasteiger partial charge in [-0.2, -0.15) is 0 Å². The van der Waals surface area contributed by atoms with Gasteiger partial charge in [-0.15, -0.1) is 0 Å². The monoisotopic (exact) mass is 272 g/mol. The fraction of sp³-hybridized carbons (Fsp3) is 0.857. The highest BCUT2D eigenvalue weighted by molar-refractivity contribution is 6.63. The first-order valence-electron chi connectivity index (χ1n) is 7.37. The van der Waals surface area contributed by atoms with Crippen LogP contribution in [0.3, 0.4) is 0 Å². The second-order valence-electron chi connectivity index (χ2n) is 4.76. The smallest absolute Gasteiger partial charge is 0.373 e. The molecule has 106 valence electrons. The Balaban J connectivity index is 2.72. The van der Waals surface area contributed by atoms with Crippen LogP contribution in [0.2, 0.25) is 5.54 Å². The molecule has 0 aromatic heterocycles. The van der Waals surface area contributed by atoms with Crippen LogP contribution < -0.4 is 0 Å². The van der Waals surface area contributed by atoms with Crippen molar-refractivity contribution in [1.82, 2.24) is 0 Å². The third kappa shape index (κ3) is 4.50. The summed E-state index contributed by atoms with van der Waals surface area (Å²) < 4.78 is 18.3. The average Bonchev–Trinajstić information content (AvgIpc) is 2.93. The number of hydrogen-bond donors (Lipinski definition) is 0. The van der Waals surface area contributed by atoms with Crippen molar-refractivity contribution in [1.29, 1.82) is 0 Å². The Kier molecular flexibility index (Phi) is 7.82. The topological polar surface area (TPSA) is 27.7 Å². The fourth-order valence-electron chi connectivity index (χ4n) is 2.11. The van der Waals surface area contributed by atoms with Crippen molar-refractivity contribution in [2.24, 2.45) is 0 Å². The van der Waals surface area contributed by atoms with Crippen LogP contribution in [0.15, 0.2) is 12.2 Å². The molecule has 0 heterocycles. The zero-order valence-electron chi connectivity index (χ0n) is 12.1. The molecule has 1 unspecified atom stereocenters. The quantitative estimate of drug-likeness (QED) is 0.445. The molecule has 4 heteroatoms. The average molecular weight is 272 g/mol. The van der Waals surface area contributed by atoms with E-state index in [1.54, 1.807) is 0 Å². The van der Waals surface area contributed by atoms with Crippen LogP contribution in [0, 0.1) is 0 Å². The molecule has 18 heavy (non-hydrogen) atoms. The van der Waals surface area contributed by atoms with Gasteiger partial charge in [-0.25, -0.2) is 0 Å². The molecule has 0 spiro atoms. The van der Waals surface area contributed by atoms with Crippen molar-refractivity contribution in [3.8, 4) is 0 Å². The van der Waals surface area contributed by atoms with Gasteiger partial charge >= 0.3 is 8.80 Å². The van der Waals surface area contributed by atoms with E-state index in [9.17, 15) is 0 Å². The van der Waals surface area contributed by atoms with Gasteiger partial charge in [0.1, 0.15) is 0 Å². The van der Waals surface area contributed by atoms with Crippen molar-refractivity contribution in [2.75, 3.05) is 19.8 Å². The van der Waals surface area contributed by atoms with Crippen molar-refractivity contribution in [3.63, 3.8) is 0 Å². The summed E-state index contributed by atoms with van der Waals surface area (Å²) >= 11 is 0. The second-order valence-corrected chi connectivity index (χ2v) is 7.58. The van der Waals surface area contributed by atoms with E-state index in [4.69, 9.17) is 13.3 Å². The summed E-state index contributed by atoms with van der Waals surface area (Å²) in [7, 11) is -2.51. The van der Waals surface area contributed by atoms with E-state index in [0.717, 1.165) is 51.9 Å². The minimum atomic E-state index is -2.51. The third-order valence-electron chi connectivity index (χ3n) is 2.99. The van der Waals surface area contributed by atoms with Gasteiger partial charge < -0.3 is 13.3 Å². The molecule has 1 atom stereocenters. The molecule has 0 saturated heterocycles. The molecule has 1 aliphatic carbocycles. The SMILES string of the molecule is CCCO[Si](OCCC)(OCCC)C1C=CCC1. The van der Waals surface area contributed by atoms with E-state index >= 15 is 0 Å². The summed E-state index contributed by atoms with van der Waals surface area (Å²) in [6.45, 7) is 8.60. The highest BCUT2D eigenvalue weighted by Gasteiger charge is 2.48. The van der Waals surface area contributed by atoms with Gasteiger partial charge in [0, 0.05) is 25.4 Å². The summed E-state index contributed by atoms with van der Waals surface area (Å²) in [6.07, 6.45) is 9.74. The normalized spacial score (nSPS) is 19.6. The van der Waals surface area contributed by atoms with Crippen LogP contribution in [0.25, 0.3) is 0 Å². The van der Waals surface area contributed by atoms with E-state index in [-0.39, 0.29) is 0 Å². The van der Waals surface area contributed by atoms with Gasteiger partial charge in [0.05, 0.1) is 0 Å². The van der Waals surface area contributed by atoms with E-state index in [0.29, 0.717) is 5.54 Å². The Morgan fingerprint density at radius 1 is 0.944 bits per heavy atom. The summed E-state index contributed by atoms with van der Waals surface area (Å²) in [5.41, 5.74) is 0.363. The molecule has 1 aliphatic rings. The zero-order chi connectivity index (χ0) is 13.3. The first-order chi connectivity index (χ1) is 8.79. The largest absolute Gasteiger partial charge is 0.508 e. The zero-order valence-corrected chi connectivity index (χ0v) is 13.1. The van der Waals surface area contributed by atoms with Crippen LogP contribution in [-0.4, -0.2) is 28.6 Å². The van der Waals surface area contributed by atoms with Crippen LogP contribution in [0.5, 0.6) is 0 Å². The van der Waals surface area contributed by atoms with Crippen LogP contribution >= 0.6 is 0 Å². The lowest BCUT2D eigenvalue weighted by atomic mass is 10.4. The Morgan fingerprint density at radius 2 is 1.44 bits per heavy atom. The van der Waals surface area contributed by atoms with Crippen molar-refractivity contribution >= 4 is 8.80 Å². The molecule has 0 aliphatic heterocycles. The van der Waals surface area contributed by atoms with Crippen molar-refractivity contribution < 1.29 is 13.3 Å². The number of hydrogen-bond acceptors (Lipinski definition) is 3. The molecule has 1 rings (SSSR count). The molecule has 0 aromatic carbocycles. The maximum absolute atomic E-state index is 6.11. The van der Waals surface area contributed by atoms with Crippen LogP contribution in [0.4, 0.5) is 0 Å². The maximum Gasteiger partial charge on any atom is 0.508 e. The Morgan fingerprint density at radius 3 is 1.78 bits per heavy atom. The molecule has 0 saturated carbocycles. The van der Waals surface area contributed by atoms with Crippen LogP contribution in [-0.2, 0) is 13.3 Å². The minimum absolute atomic E-state index is 0.363. The molecule has 0 aromatic rings. The van der Waals surface area contributed by atoms with Crippen molar-refractivity contribution in [2.45, 2.75) is 58.4 Å². The fourth-order valence-corrected chi connectivity index (χ4v) is 5.36. The standard InChI is InChI=1S/C14H28O3Si/c1-4-11-15-18(16-12-5-2,17-13-6-3)14-9-7-8-10-14/h7,9,14H,4-6,8,10-13H2,1-3H3. The predicted molar refractivity (Wildman–Crippen MR) is 76.6 cm³/mol. The number of rotatable bonds is 10. The minimum Gasteiger partial charge on any atom is -0.373 e. The molecule has 0 amide bonds. The summed E-state index contributed by atoms with van der Waals surface area (Å²) in [4.78, 5) is 0. The van der Waals surface area contributed by atoms with Gasteiger partial charge in [-0.1, -0.05) is 32.9 Å². The molecule has 0 bridgehead atoms. The van der Waals surface area contributed by atoms with E-state index in [1.807, 2.05) is 0 Å². The third-order valence-corrected chi connectivity index (χ3v) is 6.20. The Hall–Kier alpha value is -0.163. The van der Waals surface area contributed by atoms with Gasteiger partial charge in [0.15, 0.2) is 0 Å². The summed E-state index contributed by atoms with van der Waals surface area (Å²) in [5, 5.41) is 0. The molecule has 0 N–H and O–H groups in total. The lowest BCUT2D eigenvalue weighted by Crippen LogP contribution is -2.50. The second kappa shape index (κ2) is 8.86. The predicted octanol–water partition coefficient (Wildman–Crippen LogP) is 3.93. The molecule has 0 radical (unpaired) electrons. The van der Waals surface area contributed by atoms with Gasteiger partial charge in [-0.3, -0.25) is 0 Å². The van der Waals surface area contributed by atoms with Crippen molar-refractivity contribution in [3.05, 3.63) is 12.2 Å². The molecule has 3 nitrogen and oxygen atoms in total. The lowest BCUT2D eigenvalue weighted by molar-refractivity contribution is 0.0533. The van der Waals surface area contributed by atoms with Gasteiger partial charge in [0.2, 0.25) is 0 Å². The first kappa shape index (κ1) is 15.9. The first-order valence-corrected chi connectivity index (χ1v) is 9.17. The Bertz CT molecular complexity index is 221. The molecular formula is C14H28O3Si. The Labute approximate surface area is 113 Å². The van der Waals surface area contributed by atoms with E-state index < -0.39 is 8.80 Å². The lowest BCUT2D eigenvalue weighted by Gasteiger charge is -2.33. The van der Waals surface area contributed by atoms with Gasteiger partial charge in [-0.05, 0) is 32.1 Å². The highest BCUT2D eigenvalue weighted by Crippen LogP contribution is 2.36. The highest BCUT2D eigenvalue weighted by atomic mass is 28.4. The number of allylic oxidation sites excluding steroid dienone is 2. The van der Waals surface area contributed by atoms with E-state index in [2.05, 4.69) is 32.9 Å². The molecule has 0 fully saturated rings. The summed E-state index contributed by atoms with van der Waals surface area (Å²) in [6, 6.07) is 0. The van der Waals surface area contributed by atoms with Gasteiger partial charge in [0.25, 0.3) is 0 Å². The molecular weight excluding hydrogens is 244 g/mol. The maximum atomic E-state index is 6.11.